The highest BCUT2D eigenvalue weighted by molar-refractivity contribution is 6.80. The van der Waals surface area contributed by atoms with Gasteiger partial charge in [-0.05, 0) is 30.6 Å². The molecule has 0 heterocycles. The van der Waals surface area contributed by atoms with Gasteiger partial charge in [-0.25, -0.2) is 0 Å². The molecule has 1 nitrogen and oxygen atoms in total. The topological polar surface area (TPSA) is 9.23 Å². The van der Waals surface area contributed by atoms with Crippen LogP contribution in [0.1, 0.15) is 20.3 Å². The van der Waals surface area contributed by atoms with Gasteiger partial charge in [0.1, 0.15) is 0 Å². The molecular formula is C18H21OSi. The van der Waals surface area contributed by atoms with Crippen molar-refractivity contribution in [2.24, 2.45) is 0 Å². The second-order valence-electron chi connectivity index (χ2n) is 5.42. The predicted molar refractivity (Wildman–Crippen MR) is 87.9 cm³/mol. The van der Waals surface area contributed by atoms with Gasteiger partial charge in [-0.3, -0.25) is 0 Å². The molecule has 0 atom stereocenters. The van der Waals surface area contributed by atoms with Crippen LogP contribution in [0.3, 0.4) is 0 Å². The highest BCUT2D eigenvalue weighted by Crippen LogP contribution is 2.16. The van der Waals surface area contributed by atoms with Crippen molar-refractivity contribution < 1.29 is 4.43 Å². The molecule has 0 spiro atoms. The van der Waals surface area contributed by atoms with Gasteiger partial charge in [0.15, 0.2) is 0 Å². The van der Waals surface area contributed by atoms with Crippen LogP contribution in [0.15, 0.2) is 73.3 Å². The van der Waals surface area contributed by atoms with E-state index in [4.69, 9.17) is 4.43 Å². The SMILES string of the molecule is C=CCC(C)(C)O[Si](c1ccccc1)c1ccccc1. The van der Waals surface area contributed by atoms with Crippen LogP contribution < -0.4 is 10.4 Å². The van der Waals surface area contributed by atoms with Gasteiger partial charge >= 0.3 is 0 Å². The molecule has 0 amide bonds. The molecule has 0 saturated carbocycles. The molecule has 0 unspecified atom stereocenters. The fraction of sp³-hybridized carbons (Fsp3) is 0.222. The predicted octanol–water partition coefficient (Wildman–Crippen LogP) is 3.16. The van der Waals surface area contributed by atoms with E-state index in [1.807, 2.05) is 18.2 Å². The Labute approximate surface area is 123 Å². The van der Waals surface area contributed by atoms with Crippen LogP contribution in [0, 0.1) is 0 Å². The summed E-state index contributed by atoms with van der Waals surface area (Å²) < 4.78 is 6.48. The van der Waals surface area contributed by atoms with Gasteiger partial charge in [-0.15, -0.1) is 6.58 Å². The van der Waals surface area contributed by atoms with Crippen molar-refractivity contribution in [3.63, 3.8) is 0 Å². The second kappa shape index (κ2) is 6.68. The molecule has 0 N–H and O–H groups in total. The lowest BCUT2D eigenvalue weighted by molar-refractivity contribution is 0.117. The van der Waals surface area contributed by atoms with E-state index in [1.165, 1.54) is 10.4 Å². The molecule has 0 saturated heterocycles. The van der Waals surface area contributed by atoms with Crippen LogP contribution in [0.2, 0.25) is 0 Å². The standard InChI is InChI=1S/C18H21OSi/c1-4-15-18(2,3)19-20(16-11-7-5-8-12-16)17-13-9-6-10-14-17/h4-14H,1,15H2,2-3H3. The van der Waals surface area contributed by atoms with Gasteiger partial charge in [0, 0.05) is 0 Å². The number of hydrogen-bond donors (Lipinski definition) is 0. The average molecular weight is 281 g/mol. The molecule has 0 aliphatic heterocycles. The van der Waals surface area contributed by atoms with Gasteiger partial charge in [0.2, 0.25) is 0 Å². The molecule has 103 valence electrons. The van der Waals surface area contributed by atoms with E-state index >= 15 is 0 Å². The van der Waals surface area contributed by atoms with Gasteiger partial charge in [-0.2, -0.15) is 0 Å². The first-order chi connectivity index (χ1) is 9.62. The fourth-order valence-corrected chi connectivity index (χ4v) is 4.32. The van der Waals surface area contributed by atoms with Gasteiger partial charge in [-0.1, -0.05) is 66.7 Å². The van der Waals surface area contributed by atoms with Crippen LogP contribution in [0.4, 0.5) is 0 Å². The van der Waals surface area contributed by atoms with E-state index in [0.29, 0.717) is 0 Å². The second-order valence-corrected chi connectivity index (χ2v) is 7.43. The lowest BCUT2D eigenvalue weighted by Gasteiger charge is -2.29. The smallest absolute Gasteiger partial charge is 0.283 e. The Kier molecular flexibility index (Phi) is 4.93. The monoisotopic (exact) mass is 281 g/mol. The summed E-state index contributed by atoms with van der Waals surface area (Å²) in [6.07, 6.45) is 2.77. The molecule has 2 aromatic carbocycles. The Bertz CT molecular complexity index is 494. The van der Waals surface area contributed by atoms with Crippen LogP contribution in [-0.2, 0) is 4.43 Å². The van der Waals surface area contributed by atoms with Crippen molar-refractivity contribution >= 4 is 19.4 Å². The van der Waals surface area contributed by atoms with Crippen molar-refractivity contribution in [2.45, 2.75) is 25.9 Å². The molecule has 2 heteroatoms. The number of rotatable bonds is 6. The van der Waals surface area contributed by atoms with E-state index in [-0.39, 0.29) is 5.60 Å². The zero-order valence-electron chi connectivity index (χ0n) is 12.2. The minimum atomic E-state index is -1.23. The molecule has 0 aliphatic rings. The Hall–Kier alpha value is -1.64. The molecule has 1 radical (unpaired) electrons. The largest absolute Gasteiger partial charge is 0.402 e. The summed E-state index contributed by atoms with van der Waals surface area (Å²) in [6.45, 7) is 8.09. The van der Waals surface area contributed by atoms with Crippen molar-refractivity contribution in [1.29, 1.82) is 0 Å². The maximum Gasteiger partial charge on any atom is 0.283 e. The minimum Gasteiger partial charge on any atom is -0.402 e. The third-order valence-electron chi connectivity index (χ3n) is 3.09. The summed E-state index contributed by atoms with van der Waals surface area (Å²) in [7, 11) is -1.23. The summed E-state index contributed by atoms with van der Waals surface area (Å²) in [6, 6.07) is 21.0. The normalized spacial score (nSPS) is 11.6. The van der Waals surface area contributed by atoms with Crippen LogP contribution in [-0.4, -0.2) is 14.6 Å². The highest BCUT2D eigenvalue weighted by atomic mass is 28.3. The molecule has 0 fully saturated rings. The Balaban J connectivity index is 2.33. The van der Waals surface area contributed by atoms with Crippen LogP contribution in [0.5, 0.6) is 0 Å². The van der Waals surface area contributed by atoms with Gasteiger partial charge < -0.3 is 4.43 Å². The average Bonchev–Trinajstić information content (AvgIpc) is 2.47. The summed E-state index contributed by atoms with van der Waals surface area (Å²) >= 11 is 0. The number of benzene rings is 2. The fourth-order valence-electron chi connectivity index (χ4n) is 2.13. The van der Waals surface area contributed by atoms with E-state index < -0.39 is 9.04 Å². The first kappa shape index (κ1) is 14.8. The van der Waals surface area contributed by atoms with Crippen molar-refractivity contribution in [3.05, 3.63) is 73.3 Å². The third-order valence-corrected chi connectivity index (χ3v) is 5.56. The quantitative estimate of drug-likeness (QED) is 0.584. The Morgan fingerprint density at radius 3 is 1.80 bits per heavy atom. The van der Waals surface area contributed by atoms with Crippen LogP contribution >= 0.6 is 0 Å². The zero-order chi connectivity index (χ0) is 14.4. The maximum atomic E-state index is 6.48. The van der Waals surface area contributed by atoms with E-state index in [0.717, 1.165) is 6.42 Å². The first-order valence-corrected chi connectivity index (χ1v) is 8.31. The minimum absolute atomic E-state index is 0.193. The van der Waals surface area contributed by atoms with Crippen LogP contribution in [0.25, 0.3) is 0 Å². The zero-order valence-corrected chi connectivity index (χ0v) is 13.2. The number of hydrogen-bond acceptors (Lipinski definition) is 1. The Morgan fingerprint density at radius 2 is 1.40 bits per heavy atom. The van der Waals surface area contributed by atoms with E-state index in [2.05, 4.69) is 69.0 Å². The van der Waals surface area contributed by atoms with E-state index in [9.17, 15) is 0 Å². The molecule has 2 aromatic rings. The summed E-state index contributed by atoms with van der Waals surface area (Å²) in [4.78, 5) is 0. The maximum absolute atomic E-state index is 6.48. The summed E-state index contributed by atoms with van der Waals surface area (Å²) in [5.41, 5.74) is -0.193. The van der Waals surface area contributed by atoms with E-state index in [1.54, 1.807) is 0 Å². The van der Waals surface area contributed by atoms with Gasteiger partial charge in [0.25, 0.3) is 9.04 Å². The molecule has 20 heavy (non-hydrogen) atoms. The van der Waals surface area contributed by atoms with Crippen molar-refractivity contribution in [2.75, 3.05) is 0 Å². The van der Waals surface area contributed by atoms with Crippen molar-refractivity contribution in [3.8, 4) is 0 Å². The summed E-state index contributed by atoms with van der Waals surface area (Å²) in [5.74, 6) is 0. The van der Waals surface area contributed by atoms with Crippen molar-refractivity contribution in [1.82, 2.24) is 0 Å². The lowest BCUT2D eigenvalue weighted by Crippen LogP contribution is -2.49. The highest BCUT2D eigenvalue weighted by Gasteiger charge is 2.27. The molecule has 0 bridgehead atoms. The molecule has 0 aliphatic carbocycles. The first-order valence-electron chi connectivity index (χ1n) is 6.90. The summed E-state index contributed by atoms with van der Waals surface area (Å²) in [5, 5.41) is 2.56. The molecule has 0 aromatic heterocycles. The molecular weight excluding hydrogens is 260 g/mol. The Morgan fingerprint density at radius 1 is 0.950 bits per heavy atom. The van der Waals surface area contributed by atoms with Gasteiger partial charge in [0.05, 0.1) is 5.60 Å². The third kappa shape index (κ3) is 3.92. The lowest BCUT2D eigenvalue weighted by atomic mass is 10.1. The molecule has 2 rings (SSSR count).